The fourth-order valence-corrected chi connectivity index (χ4v) is 14.0. The van der Waals surface area contributed by atoms with E-state index in [-0.39, 0.29) is 89.7 Å². The molecule has 408 valence electrons. The average molecular weight is 1440 g/mol. The first kappa shape index (κ1) is 61.0. The van der Waals surface area contributed by atoms with Crippen LogP contribution in [0.2, 0.25) is 0 Å². The number of para-hydroxylation sites is 3. The molecule has 6 aromatic carbocycles. The van der Waals surface area contributed by atoms with E-state index < -0.39 is 0 Å². The zero-order valence-corrected chi connectivity index (χ0v) is 54.7. The predicted molar refractivity (Wildman–Crippen MR) is 316 cm³/mol. The zero-order valence-electron chi connectivity index (χ0n) is 45.8. The Bertz CT molecular complexity index is 3330. The Kier molecular flexibility index (Phi) is 20.6. The van der Waals surface area contributed by atoms with Crippen LogP contribution in [0.4, 0.5) is 17.1 Å². The Hall–Kier alpha value is -4.62. The van der Waals surface area contributed by atoms with Gasteiger partial charge in [-0.25, -0.2) is 15.0 Å². The molecule has 12 nitrogen and oxygen atoms in total. The van der Waals surface area contributed by atoms with Crippen LogP contribution in [0.25, 0.3) is 61.3 Å². The molecular weight excluding hydrogens is 1370 g/mol. The summed E-state index contributed by atoms with van der Waals surface area (Å²) in [6, 6.07) is 32.5. The maximum Gasteiger partial charge on any atom is 0.259 e. The van der Waals surface area contributed by atoms with E-state index in [0.717, 1.165) is 112 Å². The van der Waals surface area contributed by atoms with Crippen molar-refractivity contribution in [1.82, 2.24) is 29.7 Å². The fraction of sp³-hybridized carbons (Fsp3) is 0.350. The van der Waals surface area contributed by atoms with Crippen molar-refractivity contribution in [2.24, 2.45) is 0 Å². The van der Waals surface area contributed by atoms with Gasteiger partial charge in [-0.3, -0.25) is 14.4 Å². The second-order valence-corrected chi connectivity index (χ2v) is 23.5. The van der Waals surface area contributed by atoms with Gasteiger partial charge in [0.2, 0.25) is 51.7 Å². The summed E-state index contributed by atoms with van der Waals surface area (Å²) >= 11 is 5.43. The Morgan fingerprint density at radius 1 is 0.333 bits per heavy atom. The van der Waals surface area contributed by atoms with Gasteiger partial charge in [0.1, 0.15) is 33.1 Å². The molecule has 0 aliphatic carbocycles. The van der Waals surface area contributed by atoms with Gasteiger partial charge in [-0.15, -0.1) is 0 Å². The Balaban J connectivity index is 0.000000166. The SMILES string of the molecule is CC(=O)N1CCN(c2cc(C)c3nc4c(C)cccc4[s+]c3c2)CC1.CC(=O)N1CCN(c2cc(C)c3nc4c(C)cccc4[s+]c3c2)CC1.CC(=O)N1CCN(c2cc(C)c3nc4c(C)cccc4[s+]c3c2)CC1.[I-].[I-].[I-]. The van der Waals surface area contributed by atoms with Crippen LogP contribution in [-0.4, -0.2) is 126 Å². The minimum atomic E-state index is 0. The molecule has 18 heteroatoms. The van der Waals surface area contributed by atoms with Gasteiger partial charge in [-0.2, -0.15) is 0 Å². The molecule has 78 heavy (non-hydrogen) atoms. The van der Waals surface area contributed by atoms with E-state index in [1.54, 1.807) is 20.8 Å². The first-order valence-corrected chi connectivity index (χ1v) is 28.5. The van der Waals surface area contributed by atoms with Crippen molar-refractivity contribution in [2.45, 2.75) is 62.3 Å². The van der Waals surface area contributed by atoms with Gasteiger partial charge in [0.05, 0.1) is 0 Å². The van der Waals surface area contributed by atoms with Gasteiger partial charge in [0.15, 0.2) is 0 Å². The van der Waals surface area contributed by atoms with Crippen molar-refractivity contribution < 1.29 is 86.3 Å². The lowest BCUT2D eigenvalue weighted by molar-refractivity contribution is -0.129. The van der Waals surface area contributed by atoms with Crippen LogP contribution in [-0.2, 0) is 14.4 Å². The van der Waals surface area contributed by atoms with Gasteiger partial charge in [0, 0.05) is 153 Å². The average Bonchev–Trinajstić information content (AvgIpc) is 3.54. The molecule has 12 rings (SSSR count). The summed E-state index contributed by atoms with van der Waals surface area (Å²) in [6.07, 6.45) is 0. The number of hydrogen-bond donors (Lipinski definition) is 0. The zero-order chi connectivity index (χ0) is 52.7. The smallest absolute Gasteiger partial charge is 0.259 e. The molecule has 9 aromatic rings. The molecule has 3 amide bonds. The molecule has 0 atom stereocenters. The number of amides is 3. The normalized spacial score (nSPS) is 14.6. The van der Waals surface area contributed by atoms with E-state index in [1.807, 2.05) is 48.7 Å². The topological polar surface area (TPSA) is 109 Å². The summed E-state index contributed by atoms with van der Waals surface area (Å²) in [7, 11) is 0. The highest BCUT2D eigenvalue weighted by Crippen LogP contribution is 2.36. The highest BCUT2D eigenvalue weighted by Gasteiger charge is 2.26. The highest BCUT2D eigenvalue weighted by atomic mass is 127. The predicted octanol–water partition coefficient (Wildman–Crippen LogP) is 3.06. The lowest BCUT2D eigenvalue weighted by Gasteiger charge is -2.35. The maximum atomic E-state index is 11.5. The molecule has 3 aromatic heterocycles. The Morgan fingerprint density at radius 2 is 0.564 bits per heavy atom. The lowest BCUT2D eigenvalue weighted by Crippen LogP contribution is -3.00. The van der Waals surface area contributed by atoms with Crippen LogP contribution in [0.5, 0.6) is 0 Å². The third-order valence-corrected chi connectivity index (χ3v) is 18.2. The van der Waals surface area contributed by atoms with Gasteiger partial charge >= 0.3 is 0 Å². The van der Waals surface area contributed by atoms with Crippen LogP contribution in [0, 0.1) is 41.5 Å². The molecule has 6 heterocycles. The van der Waals surface area contributed by atoms with E-state index in [1.165, 1.54) is 78.6 Å². The molecule has 3 aliphatic heterocycles. The number of piperazine rings is 3. The van der Waals surface area contributed by atoms with Crippen molar-refractivity contribution in [2.75, 3.05) is 93.2 Å². The number of carbonyl (C=O) groups is 3. The largest absolute Gasteiger partial charge is 1.00 e. The van der Waals surface area contributed by atoms with Crippen molar-refractivity contribution in [3.05, 3.63) is 124 Å². The number of aromatic nitrogens is 3. The van der Waals surface area contributed by atoms with Crippen LogP contribution in [0.1, 0.15) is 54.2 Å². The Labute approximate surface area is 520 Å². The number of fused-ring (bicyclic) bond motifs is 6. The molecule has 3 fully saturated rings. The minimum Gasteiger partial charge on any atom is -1.00 e. The van der Waals surface area contributed by atoms with Gasteiger partial charge < -0.3 is 101 Å². The van der Waals surface area contributed by atoms with Crippen molar-refractivity contribution in [3.8, 4) is 0 Å². The molecule has 0 bridgehead atoms. The van der Waals surface area contributed by atoms with Crippen LogP contribution in [0.15, 0.2) is 91.0 Å². The van der Waals surface area contributed by atoms with Crippen molar-refractivity contribution >= 4 is 130 Å². The number of carbonyl (C=O) groups excluding carboxylic acids is 3. The fourth-order valence-electron chi connectivity index (χ4n) is 10.5. The van der Waals surface area contributed by atoms with Crippen LogP contribution in [0.3, 0.4) is 0 Å². The van der Waals surface area contributed by atoms with Gasteiger partial charge in [-0.1, -0.05) is 36.4 Å². The quantitative estimate of drug-likeness (QED) is 0.150. The summed E-state index contributed by atoms with van der Waals surface area (Å²) in [5.74, 6) is 0.507. The summed E-state index contributed by atoms with van der Waals surface area (Å²) in [5, 5.41) is 0. The molecule has 0 saturated carbocycles. The molecular formula is C60H66I3N9O3S3. The minimum absolute atomic E-state index is 0. The highest BCUT2D eigenvalue weighted by molar-refractivity contribution is 7.25. The third kappa shape index (κ3) is 13.2. The van der Waals surface area contributed by atoms with Gasteiger partial charge in [0.25, 0.3) is 28.2 Å². The second kappa shape index (κ2) is 26.3. The lowest BCUT2D eigenvalue weighted by atomic mass is 10.1. The summed E-state index contributed by atoms with van der Waals surface area (Å²) in [4.78, 5) is 62.3. The summed E-state index contributed by atoms with van der Waals surface area (Å²) in [6.45, 7) is 27.8. The molecule has 3 aliphatic rings. The molecule has 0 N–H and O–H groups in total. The molecule has 3 saturated heterocycles. The first-order valence-electron chi connectivity index (χ1n) is 26.0. The van der Waals surface area contributed by atoms with Crippen molar-refractivity contribution in [3.63, 3.8) is 0 Å². The van der Waals surface area contributed by atoms with E-state index in [0.29, 0.717) is 0 Å². The van der Waals surface area contributed by atoms with Gasteiger partial charge in [-0.05, 0) is 93.1 Å². The van der Waals surface area contributed by atoms with E-state index >= 15 is 0 Å². The molecule has 0 spiro atoms. The van der Waals surface area contributed by atoms with E-state index in [9.17, 15) is 14.4 Å². The first-order chi connectivity index (χ1) is 36.1. The number of aryl methyl sites for hydroxylation is 6. The maximum absolute atomic E-state index is 11.5. The standard InChI is InChI=1S/3C20H22N3OS.3HI/c3*1-13-5-4-6-17-19(13)21-20-14(2)11-16(12-18(20)25-17)23-9-7-22(8-10-23)15(3)24;;;/h3*4-6,11-12H,7-10H2,1-3H3;3*1H/q3*+1;;;/p-3. The van der Waals surface area contributed by atoms with E-state index in [4.69, 9.17) is 15.0 Å². The van der Waals surface area contributed by atoms with E-state index in [2.05, 4.69) is 147 Å². The van der Waals surface area contributed by atoms with Crippen LogP contribution >= 0.6 is 34.0 Å². The summed E-state index contributed by atoms with van der Waals surface area (Å²) in [5.41, 5.74) is 17.6. The number of hydrogen-bond acceptors (Lipinski definition) is 9. The molecule has 0 unspecified atom stereocenters. The Morgan fingerprint density at radius 3 is 0.795 bits per heavy atom. The second-order valence-electron chi connectivity index (χ2n) is 20.2. The number of nitrogens with zero attached hydrogens (tertiary/aromatic N) is 9. The third-order valence-electron chi connectivity index (χ3n) is 15.0. The monoisotopic (exact) mass is 1440 g/mol. The number of benzene rings is 6. The summed E-state index contributed by atoms with van der Waals surface area (Å²) < 4.78 is 7.35. The van der Waals surface area contributed by atoms with Crippen LogP contribution < -0.4 is 86.6 Å². The van der Waals surface area contributed by atoms with Crippen molar-refractivity contribution in [1.29, 1.82) is 0 Å². The number of rotatable bonds is 3. The number of anilines is 3. The molecule has 0 radical (unpaired) electrons. The number of halogens is 3.